The molecule has 3 amide bonds. The molecule has 3 rings (SSSR count). The molecule has 2 saturated heterocycles. The van der Waals surface area contributed by atoms with Crippen LogP contribution in [-0.4, -0.2) is 48.3 Å². The van der Waals surface area contributed by atoms with Gasteiger partial charge in [-0.3, -0.25) is 14.4 Å². The van der Waals surface area contributed by atoms with Crippen LogP contribution in [-0.2, 0) is 14.4 Å². The minimum Gasteiger partial charge on any atom is -0.353 e. The summed E-state index contributed by atoms with van der Waals surface area (Å²) < 4.78 is 0. The molecular weight excluding hydrogens is 366 g/mol. The van der Waals surface area contributed by atoms with Crippen molar-refractivity contribution < 1.29 is 14.4 Å². The Morgan fingerprint density at radius 1 is 1.10 bits per heavy atom. The van der Waals surface area contributed by atoms with Gasteiger partial charge in [0.25, 0.3) is 0 Å². The van der Waals surface area contributed by atoms with E-state index in [1.54, 1.807) is 4.90 Å². The Balaban J connectivity index is 1.55. The number of likely N-dealkylation sites (tertiary alicyclic amines) is 1. The SMILES string of the molecule is CC(C)C(=O)N1CCC(NC(=O)[C@@H]2CC(=O)N(c3cccc(C(C)C)c3)C2)CC1. The molecule has 1 atom stereocenters. The normalized spacial score (nSPS) is 20.6. The minimum absolute atomic E-state index is 0.00315. The largest absolute Gasteiger partial charge is 0.353 e. The molecule has 1 N–H and O–H groups in total. The molecule has 1 aromatic rings. The van der Waals surface area contributed by atoms with E-state index in [0.717, 1.165) is 18.5 Å². The number of carbonyl (C=O) groups is 3. The second-order valence-corrected chi connectivity index (χ2v) is 8.92. The number of hydrogen-bond acceptors (Lipinski definition) is 3. The van der Waals surface area contributed by atoms with Gasteiger partial charge < -0.3 is 15.1 Å². The predicted octanol–water partition coefficient (Wildman–Crippen LogP) is 2.93. The molecule has 0 unspecified atom stereocenters. The second-order valence-electron chi connectivity index (χ2n) is 8.92. The van der Waals surface area contributed by atoms with Crippen LogP contribution in [0.1, 0.15) is 58.4 Å². The highest BCUT2D eigenvalue weighted by Crippen LogP contribution is 2.28. The van der Waals surface area contributed by atoms with E-state index in [1.165, 1.54) is 5.56 Å². The van der Waals surface area contributed by atoms with Crippen molar-refractivity contribution in [1.82, 2.24) is 10.2 Å². The molecule has 2 aliphatic rings. The summed E-state index contributed by atoms with van der Waals surface area (Å²) in [7, 11) is 0. The molecule has 1 aromatic carbocycles. The average molecular weight is 400 g/mol. The van der Waals surface area contributed by atoms with Gasteiger partial charge in [-0.1, -0.05) is 39.8 Å². The van der Waals surface area contributed by atoms with Gasteiger partial charge in [0, 0.05) is 43.7 Å². The van der Waals surface area contributed by atoms with Crippen LogP contribution in [0, 0.1) is 11.8 Å². The van der Waals surface area contributed by atoms with Crippen molar-refractivity contribution in [3.63, 3.8) is 0 Å². The summed E-state index contributed by atoms with van der Waals surface area (Å²) >= 11 is 0. The first-order chi connectivity index (χ1) is 13.8. The highest BCUT2D eigenvalue weighted by molar-refractivity contribution is 6.00. The maximum atomic E-state index is 12.8. The Morgan fingerprint density at radius 3 is 2.41 bits per heavy atom. The summed E-state index contributed by atoms with van der Waals surface area (Å²) in [5.74, 6) is 0.208. The van der Waals surface area contributed by atoms with E-state index < -0.39 is 0 Å². The zero-order valence-electron chi connectivity index (χ0n) is 18.0. The number of anilines is 1. The van der Waals surface area contributed by atoms with Crippen molar-refractivity contribution >= 4 is 23.4 Å². The van der Waals surface area contributed by atoms with Gasteiger partial charge in [-0.05, 0) is 36.5 Å². The van der Waals surface area contributed by atoms with Gasteiger partial charge in [-0.15, -0.1) is 0 Å². The van der Waals surface area contributed by atoms with Crippen LogP contribution in [0.15, 0.2) is 24.3 Å². The lowest BCUT2D eigenvalue weighted by atomic mass is 10.0. The fourth-order valence-corrected chi connectivity index (χ4v) is 4.11. The number of rotatable bonds is 5. The Kier molecular flexibility index (Phi) is 6.60. The number of nitrogens with one attached hydrogen (secondary N) is 1. The number of hydrogen-bond donors (Lipinski definition) is 1. The Labute approximate surface area is 173 Å². The van der Waals surface area contributed by atoms with Crippen LogP contribution in [0.4, 0.5) is 5.69 Å². The average Bonchev–Trinajstić information content (AvgIpc) is 3.10. The van der Waals surface area contributed by atoms with Crippen LogP contribution in [0.3, 0.4) is 0 Å². The molecule has 2 heterocycles. The van der Waals surface area contributed by atoms with Gasteiger partial charge in [-0.25, -0.2) is 0 Å². The zero-order valence-corrected chi connectivity index (χ0v) is 18.0. The fraction of sp³-hybridized carbons (Fsp3) is 0.609. The number of benzene rings is 1. The Morgan fingerprint density at radius 2 is 1.79 bits per heavy atom. The maximum absolute atomic E-state index is 12.8. The monoisotopic (exact) mass is 399 g/mol. The zero-order chi connectivity index (χ0) is 21.1. The van der Waals surface area contributed by atoms with Crippen LogP contribution in [0.2, 0.25) is 0 Å². The van der Waals surface area contributed by atoms with Crippen LogP contribution in [0.5, 0.6) is 0 Å². The molecule has 6 nitrogen and oxygen atoms in total. The molecule has 29 heavy (non-hydrogen) atoms. The van der Waals surface area contributed by atoms with Crippen LogP contribution >= 0.6 is 0 Å². The molecule has 0 spiro atoms. The Bertz CT molecular complexity index is 766. The van der Waals surface area contributed by atoms with Crippen molar-refractivity contribution in [2.45, 2.75) is 58.9 Å². The minimum atomic E-state index is -0.319. The molecular formula is C23H33N3O3. The van der Waals surface area contributed by atoms with Crippen molar-refractivity contribution in [3.8, 4) is 0 Å². The molecule has 6 heteroatoms. The van der Waals surface area contributed by atoms with E-state index in [1.807, 2.05) is 36.9 Å². The number of amides is 3. The summed E-state index contributed by atoms with van der Waals surface area (Å²) in [6, 6.07) is 8.09. The van der Waals surface area contributed by atoms with Crippen LogP contribution < -0.4 is 10.2 Å². The lowest BCUT2D eigenvalue weighted by Crippen LogP contribution is -2.48. The van der Waals surface area contributed by atoms with E-state index >= 15 is 0 Å². The summed E-state index contributed by atoms with van der Waals surface area (Å²) in [5.41, 5.74) is 2.06. The quantitative estimate of drug-likeness (QED) is 0.828. The number of nitrogens with zero attached hydrogens (tertiary/aromatic N) is 2. The molecule has 2 aliphatic heterocycles. The number of carbonyl (C=O) groups excluding carboxylic acids is 3. The highest BCUT2D eigenvalue weighted by Gasteiger charge is 2.36. The first-order valence-corrected chi connectivity index (χ1v) is 10.8. The highest BCUT2D eigenvalue weighted by atomic mass is 16.2. The molecule has 0 aromatic heterocycles. The van der Waals surface area contributed by atoms with Gasteiger partial charge >= 0.3 is 0 Å². The van der Waals surface area contributed by atoms with Gasteiger partial charge in [0.05, 0.1) is 5.92 Å². The van der Waals surface area contributed by atoms with Crippen LogP contribution in [0.25, 0.3) is 0 Å². The van der Waals surface area contributed by atoms with Crippen molar-refractivity contribution in [3.05, 3.63) is 29.8 Å². The first kappa shape index (κ1) is 21.3. The summed E-state index contributed by atoms with van der Waals surface area (Å²) in [6.45, 7) is 9.87. The van der Waals surface area contributed by atoms with E-state index in [0.29, 0.717) is 25.6 Å². The first-order valence-electron chi connectivity index (χ1n) is 10.8. The molecule has 0 saturated carbocycles. The smallest absolute Gasteiger partial charge is 0.227 e. The molecule has 158 valence electrons. The third kappa shape index (κ3) is 4.98. The summed E-state index contributed by atoms with van der Waals surface area (Å²) in [4.78, 5) is 41.0. The second kappa shape index (κ2) is 8.97. The summed E-state index contributed by atoms with van der Waals surface area (Å²) in [6.07, 6.45) is 1.79. The summed E-state index contributed by atoms with van der Waals surface area (Å²) in [5, 5.41) is 3.12. The molecule has 0 radical (unpaired) electrons. The third-order valence-electron chi connectivity index (χ3n) is 5.99. The lowest BCUT2D eigenvalue weighted by Gasteiger charge is -2.33. The van der Waals surface area contributed by atoms with E-state index in [-0.39, 0.29) is 42.0 Å². The number of piperidine rings is 1. The van der Waals surface area contributed by atoms with Gasteiger partial charge in [0.2, 0.25) is 17.7 Å². The van der Waals surface area contributed by atoms with Crippen molar-refractivity contribution in [2.75, 3.05) is 24.5 Å². The fourth-order valence-electron chi connectivity index (χ4n) is 4.11. The van der Waals surface area contributed by atoms with E-state index in [4.69, 9.17) is 0 Å². The topological polar surface area (TPSA) is 69.7 Å². The van der Waals surface area contributed by atoms with Gasteiger partial charge in [-0.2, -0.15) is 0 Å². The maximum Gasteiger partial charge on any atom is 0.227 e. The van der Waals surface area contributed by atoms with Crippen molar-refractivity contribution in [1.29, 1.82) is 0 Å². The third-order valence-corrected chi connectivity index (χ3v) is 5.99. The van der Waals surface area contributed by atoms with Crippen molar-refractivity contribution in [2.24, 2.45) is 11.8 Å². The van der Waals surface area contributed by atoms with E-state index in [9.17, 15) is 14.4 Å². The molecule has 0 aliphatic carbocycles. The molecule has 0 bridgehead atoms. The standard InChI is InChI=1S/C23H33N3O3/c1-15(2)17-6-5-7-20(12-17)26-14-18(13-21(26)27)22(28)24-19-8-10-25(11-9-19)23(29)16(3)4/h5-7,12,15-16,18-19H,8-11,13-14H2,1-4H3,(H,24,28)/t18-/m1/s1. The van der Waals surface area contributed by atoms with E-state index in [2.05, 4.69) is 25.2 Å². The lowest BCUT2D eigenvalue weighted by molar-refractivity contribution is -0.135. The molecule has 2 fully saturated rings. The Hall–Kier alpha value is -2.37. The van der Waals surface area contributed by atoms with Gasteiger partial charge in [0.1, 0.15) is 0 Å². The van der Waals surface area contributed by atoms with Gasteiger partial charge in [0.15, 0.2) is 0 Å². The predicted molar refractivity (Wildman–Crippen MR) is 114 cm³/mol.